The zero-order chi connectivity index (χ0) is 32.3. The minimum absolute atomic E-state index is 1.12. The fourth-order valence-corrected chi connectivity index (χ4v) is 8.38. The Balaban J connectivity index is 1.24. The smallest absolute Gasteiger partial charge is 0.0547 e. The van der Waals surface area contributed by atoms with E-state index in [-0.39, 0.29) is 0 Å². The van der Waals surface area contributed by atoms with E-state index in [2.05, 4.69) is 191 Å². The second kappa shape index (κ2) is 11.2. The summed E-state index contributed by atoms with van der Waals surface area (Å²) in [4.78, 5) is 2.32. The Kier molecular flexibility index (Phi) is 6.39. The number of hydrogen-bond acceptors (Lipinski definition) is 2. The highest BCUT2D eigenvalue weighted by Crippen LogP contribution is 2.43. The van der Waals surface area contributed by atoms with Gasteiger partial charge in [0.25, 0.3) is 0 Å². The maximum atomic E-state index is 2.44. The molecular weight excluding hydrogens is 613 g/mol. The molecule has 2 heterocycles. The minimum Gasteiger partial charge on any atom is -0.311 e. The van der Waals surface area contributed by atoms with Crippen molar-refractivity contribution in [3.63, 3.8) is 0 Å². The molecule has 10 rings (SSSR count). The van der Waals surface area contributed by atoms with Crippen LogP contribution in [-0.2, 0) is 0 Å². The van der Waals surface area contributed by atoms with E-state index in [1.807, 2.05) is 0 Å². The van der Waals surface area contributed by atoms with Gasteiger partial charge >= 0.3 is 0 Å². The third-order valence-electron chi connectivity index (χ3n) is 9.80. The average Bonchev–Trinajstić information content (AvgIpc) is 3.76. The lowest BCUT2D eigenvalue weighted by molar-refractivity contribution is 1.18. The van der Waals surface area contributed by atoms with Gasteiger partial charge in [-0.3, -0.25) is 0 Å². The summed E-state index contributed by atoms with van der Waals surface area (Å²) in [6.45, 7) is 0. The first-order valence-electron chi connectivity index (χ1n) is 16.7. The molecule has 230 valence electrons. The SMILES string of the molecule is c1ccc(N(c2ccccc2)c2ccc(-c3cc4cc5sccc5cc4c4cc5c6ccccc6n(-c6ccccc6)c5cc34)cc2)cc1. The minimum atomic E-state index is 1.12. The van der Waals surface area contributed by atoms with Crippen LogP contribution >= 0.6 is 11.3 Å². The highest BCUT2D eigenvalue weighted by molar-refractivity contribution is 7.17. The number of nitrogens with zero attached hydrogens (tertiary/aromatic N) is 2. The molecule has 0 fully saturated rings. The van der Waals surface area contributed by atoms with Gasteiger partial charge in [-0.05, 0) is 134 Å². The predicted octanol–water partition coefficient (Wildman–Crippen LogP) is 13.4. The van der Waals surface area contributed by atoms with Gasteiger partial charge in [-0.15, -0.1) is 11.3 Å². The number of fused-ring (bicyclic) bond motifs is 7. The summed E-state index contributed by atoms with van der Waals surface area (Å²) in [5, 5.41) is 11.1. The van der Waals surface area contributed by atoms with Gasteiger partial charge in [0, 0.05) is 38.2 Å². The van der Waals surface area contributed by atoms with Crippen molar-refractivity contribution in [1.82, 2.24) is 4.57 Å². The highest BCUT2D eigenvalue weighted by Gasteiger charge is 2.18. The number of benzene rings is 8. The molecule has 0 spiro atoms. The first kappa shape index (κ1) is 27.9. The second-order valence-corrected chi connectivity index (χ2v) is 13.6. The van der Waals surface area contributed by atoms with Gasteiger partial charge in [-0.1, -0.05) is 84.9 Å². The van der Waals surface area contributed by atoms with Crippen molar-refractivity contribution in [2.75, 3.05) is 4.90 Å². The van der Waals surface area contributed by atoms with Crippen LogP contribution in [0.25, 0.3) is 70.3 Å². The van der Waals surface area contributed by atoms with Crippen molar-refractivity contribution in [2.45, 2.75) is 0 Å². The quantitative estimate of drug-likeness (QED) is 0.170. The number of para-hydroxylation sites is 4. The fraction of sp³-hybridized carbons (Fsp3) is 0. The third kappa shape index (κ3) is 4.55. The Morgan fingerprint density at radius 1 is 0.408 bits per heavy atom. The number of rotatable bonds is 5. The summed E-state index contributed by atoms with van der Waals surface area (Å²) in [5.41, 5.74) is 9.43. The van der Waals surface area contributed by atoms with Crippen LogP contribution in [0.1, 0.15) is 0 Å². The normalized spacial score (nSPS) is 11.7. The second-order valence-electron chi connectivity index (χ2n) is 12.6. The van der Waals surface area contributed by atoms with Gasteiger partial charge in [-0.25, -0.2) is 0 Å². The topological polar surface area (TPSA) is 8.17 Å². The summed E-state index contributed by atoms with van der Waals surface area (Å²) in [5.74, 6) is 0. The summed E-state index contributed by atoms with van der Waals surface area (Å²) >= 11 is 1.81. The van der Waals surface area contributed by atoms with Gasteiger partial charge in [0.1, 0.15) is 0 Å². The lowest BCUT2D eigenvalue weighted by Crippen LogP contribution is -2.09. The van der Waals surface area contributed by atoms with Crippen LogP contribution < -0.4 is 4.90 Å². The molecule has 2 nitrogen and oxygen atoms in total. The molecule has 0 bridgehead atoms. The van der Waals surface area contributed by atoms with Gasteiger partial charge in [-0.2, -0.15) is 0 Å². The summed E-state index contributed by atoms with van der Waals surface area (Å²) in [7, 11) is 0. The van der Waals surface area contributed by atoms with Gasteiger partial charge < -0.3 is 9.47 Å². The Morgan fingerprint density at radius 3 is 1.80 bits per heavy atom. The number of hydrogen-bond donors (Lipinski definition) is 0. The average molecular weight is 643 g/mol. The fourth-order valence-electron chi connectivity index (χ4n) is 7.56. The molecular formula is C46H30N2S. The van der Waals surface area contributed by atoms with Crippen LogP contribution in [0.5, 0.6) is 0 Å². The van der Waals surface area contributed by atoms with Crippen LogP contribution in [0.4, 0.5) is 17.1 Å². The molecule has 0 aliphatic rings. The molecule has 0 aliphatic carbocycles. The van der Waals surface area contributed by atoms with E-state index in [0.717, 1.165) is 17.1 Å². The Hall–Kier alpha value is -6.16. The Labute approximate surface area is 288 Å². The number of aromatic nitrogens is 1. The van der Waals surface area contributed by atoms with Gasteiger partial charge in [0.15, 0.2) is 0 Å². The summed E-state index contributed by atoms with van der Waals surface area (Å²) in [6.07, 6.45) is 0. The van der Waals surface area contributed by atoms with Crippen molar-refractivity contribution in [3.05, 3.63) is 181 Å². The standard InChI is InChI=1S/C46H30N2S/c1-4-12-34(13-5-1)47(35-14-6-2-7-15-35)37-22-20-31(21-23-37)39-27-33-28-46-32(24-25-49-46)26-40(33)41-29-43-38-18-10-11-19-44(38)48(45(43)30-42(39)41)36-16-8-3-9-17-36/h1-30H. The van der Waals surface area contributed by atoms with E-state index < -0.39 is 0 Å². The van der Waals surface area contributed by atoms with Gasteiger partial charge in [0.05, 0.1) is 11.0 Å². The first-order chi connectivity index (χ1) is 24.3. The number of thiophene rings is 1. The Bertz CT molecular complexity index is 2760. The van der Waals surface area contributed by atoms with Gasteiger partial charge in [0.2, 0.25) is 0 Å². The molecule has 8 aromatic carbocycles. The van der Waals surface area contributed by atoms with Crippen molar-refractivity contribution < 1.29 is 0 Å². The number of anilines is 3. The van der Waals surface area contributed by atoms with E-state index in [4.69, 9.17) is 0 Å². The van der Waals surface area contributed by atoms with E-state index in [1.165, 1.54) is 70.3 Å². The molecule has 49 heavy (non-hydrogen) atoms. The maximum absolute atomic E-state index is 2.44. The molecule has 2 aromatic heterocycles. The highest BCUT2D eigenvalue weighted by atomic mass is 32.1. The lowest BCUT2D eigenvalue weighted by atomic mass is 9.91. The molecule has 0 saturated carbocycles. The zero-order valence-electron chi connectivity index (χ0n) is 26.6. The van der Waals surface area contributed by atoms with Crippen molar-refractivity contribution in [3.8, 4) is 16.8 Å². The first-order valence-corrected chi connectivity index (χ1v) is 17.6. The van der Waals surface area contributed by atoms with E-state index >= 15 is 0 Å². The summed E-state index contributed by atoms with van der Waals surface area (Å²) < 4.78 is 3.73. The largest absolute Gasteiger partial charge is 0.311 e. The molecule has 0 amide bonds. The zero-order valence-corrected chi connectivity index (χ0v) is 27.4. The molecule has 0 unspecified atom stereocenters. The van der Waals surface area contributed by atoms with Crippen LogP contribution in [0.2, 0.25) is 0 Å². The van der Waals surface area contributed by atoms with Crippen LogP contribution in [0, 0.1) is 0 Å². The van der Waals surface area contributed by atoms with Crippen molar-refractivity contribution in [1.29, 1.82) is 0 Å². The summed E-state index contributed by atoms with van der Waals surface area (Å²) in [6, 6.07) is 64.1. The molecule has 0 atom stereocenters. The van der Waals surface area contributed by atoms with E-state index in [0.29, 0.717) is 0 Å². The van der Waals surface area contributed by atoms with Crippen LogP contribution in [0.3, 0.4) is 0 Å². The maximum Gasteiger partial charge on any atom is 0.0547 e. The van der Waals surface area contributed by atoms with Crippen molar-refractivity contribution >= 4 is 81.8 Å². The molecule has 0 aliphatic heterocycles. The van der Waals surface area contributed by atoms with E-state index in [9.17, 15) is 0 Å². The van der Waals surface area contributed by atoms with Crippen molar-refractivity contribution in [2.24, 2.45) is 0 Å². The predicted molar refractivity (Wildman–Crippen MR) is 211 cm³/mol. The molecule has 0 radical (unpaired) electrons. The van der Waals surface area contributed by atoms with Crippen LogP contribution in [-0.4, -0.2) is 4.57 Å². The molecule has 0 N–H and O–H groups in total. The van der Waals surface area contributed by atoms with E-state index in [1.54, 1.807) is 11.3 Å². The molecule has 10 aromatic rings. The lowest BCUT2D eigenvalue weighted by Gasteiger charge is -2.25. The van der Waals surface area contributed by atoms with Crippen LogP contribution in [0.15, 0.2) is 181 Å². The molecule has 3 heteroatoms. The third-order valence-corrected chi connectivity index (χ3v) is 10.7. The molecule has 0 saturated heterocycles. The monoisotopic (exact) mass is 642 g/mol. The Morgan fingerprint density at radius 2 is 1.06 bits per heavy atom.